The third-order valence-electron chi connectivity index (χ3n) is 3.39. The Balaban J connectivity index is 1.71. The van der Waals surface area contributed by atoms with Crippen LogP contribution in [0.1, 0.15) is 21.7 Å². The van der Waals surface area contributed by atoms with Gasteiger partial charge in [-0.1, -0.05) is 18.2 Å². The normalized spacial score (nSPS) is 11.0. The predicted molar refractivity (Wildman–Crippen MR) is 80.2 cm³/mol. The second kappa shape index (κ2) is 5.44. The number of amides is 1. The van der Waals surface area contributed by atoms with Crippen molar-refractivity contribution in [2.24, 2.45) is 0 Å². The number of nitrogens with zero attached hydrogens (tertiary/aromatic N) is 2. The fourth-order valence-electron chi connectivity index (χ4n) is 2.41. The highest BCUT2D eigenvalue weighted by atomic mass is 16.3. The minimum Gasteiger partial charge on any atom is -0.461 e. The van der Waals surface area contributed by atoms with E-state index >= 15 is 0 Å². The number of rotatable bonds is 4. The standard InChI is InChI=1S/C16H17N3O2/c1-11-9-18-19(10-11)8-7-17-16(20)15-12(2)21-14-6-4-3-5-13(14)15/h3-6,9-10H,7-8H2,1-2H3,(H,17,20). The van der Waals surface area contributed by atoms with Crippen molar-refractivity contribution in [2.45, 2.75) is 20.4 Å². The molecule has 0 aliphatic rings. The number of aromatic nitrogens is 2. The summed E-state index contributed by atoms with van der Waals surface area (Å²) in [4.78, 5) is 12.3. The van der Waals surface area contributed by atoms with Crippen molar-refractivity contribution in [1.82, 2.24) is 15.1 Å². The smallest absolute Gasteiger partial charge is 0.255 e. The Morgan fingerprint density at radius 2 is 2.14 bits per heavy atom. The molecule has 0 spiro atoms. The molecule has 0 saturated carbocycles. The summed E-state index contributed by atoms with van der Waals surface area (Å²) in [5, 5.41) is 7.96. The molecular weight excluding hydrogens is 266 g/mol. The molecule has 1 aromatic carbocycles. The summed E-state index contributed by atoms with van der Waals surface area (Å²) >= 11 is 0. The Bertz CT molecular complexity index is 786. The van der Waals surface area contributed by atoms with Crippen LogP contribution in [0.3, 0.4) is 0 Å². The maximum Gasteiger partial charge on any atom is 0.255 e. The van der Waals surface area contributed by atoms with Crippen LogP contribution in [0.5, 0.6) is 0 Å². The number of para-hydroxylation sites is 1. The van der Waals surface area contributed by atoms with Gasteiger partial charge in [0.25, 0.3) is 5.91 Å². The van der Waals surface area contributed by atoms with E-state index in [0.717, 1.165) is 16.5 Å². The molecule has 0 radical (unpaired) electrons. The number of fused-ring (bicyclic) bond motifs is 1. The van der Waals surface area contributed by atoms with Gasteiger partial charge in [0.05, 0.1) is 18.3 Å². The third-order valence-corrected chi connectivity index (χ3v) is 3.39. The third kappa shape index (κ3) is 2.67. The fourth-order valence-corrected chi connectivity index (χ4v) is 2.41. The molecule has 2 aromatic heterocycles. The molecule has 0 saturated heterocycles. The van der Waals surface area contributed by atoms with Crippen LogP contribution in [0.2, 0.25) is 0 Å². The Morgan fingerprint density at radius 3 is 2.90 bits per heavy atom. The highest BCUT2D eigenvalue weighted by molar-refractivity contribution is 6.07. The molecule has 21 heavy (non-hydrogen) atoms. The van der Waals surface area contributed by atoms with Gasteiger partial charge in [0.15, 0.2) is 0 Å². The van der Waals surface area contributed by atoms with Crippen LogP contribution in [0.15, 0.2) is 41.1 Å². The lowest BCUT2D eigenvalue weighted by molar-refractivity contribution is 0.0952. The van der Waals surface area contributed by atoms with Crippen LogP contribution in [0.25, 0.3) is 11.0 Å². The zero-order valence-corrected chi connectivity index (χ0v) is 12.1. The van der Waals surface area contributed by atoms with E-state index in [2.05, 4.69) is 10.4 Å². The summed E-state index contributed by atoms with van der Waals surface area (Å²) in [5.41, 5.74) is 2.46. The van der Waals surface area contributed by atoms with Crippen molar-refractivity contribution in [3.63, 3.8) is 0 Å². The van der Waals surface area contributed by atoms with Gasteiger partial charge in [-0.05, 0) is 25.5 Å². The largest absolute Gasteiger partial charge is 0.461 e. The van der Waals surface area contributed by atoms with E-state index in [0.29, 0.717) is 24.4 Å². The number of aryl methyl sites for hydroxylation is 2. The van der Waals surface area contributed by atoms with E-state index in [-0.39, 0.29) is 5.91 Å². The summed E-state index contributed by atoms with van der Waals surface area (Å²) in [5.74, 6) is 0.532. The predicted octanol–water partition coefficient (Wildman–Crippen LogP) is 2.68. The first-order valence-corrected chi connectivity index (χ1v) is 6.90. The van der Waals surface area contributed by atoms with E-state index in [1.165, 1.54) is 0 Å². The molecule has 0 fully saturated rings. The van der Waals surface area contributed by atoms with Gasteiger partial charge >= 0.3 is 0 Å². The minimum absolute atomic E-state index is 0.110. The number of carbonyl (C=O) groups excluding carboxylic acids is 1. The Kier molecular flexibility index (Phi) is 3.48. The monoisotopic (exact) mass is 283 g/mol. The molecule has 0 unspecified atom stereocenters. The molecule has 0 bridgehead atoms. The minimum atomic E-state index is -0.110. The average molecular weight is 283 g/mol. The second-order valence-electron chi connectivity index (χ2n) is 5.07. The highest BCUT2D eigenvalue weighted by Crippen LogP contribution is 2.24. The topological polar surface area (TPSA) is 60.1 Å². The first-order valence-electron chi connectivity index (χ1n) is 6.90. The first kappa shape index (κ1) is 13.4. The van der Waals surface area contributed by atoms with Crippen molar-refractivity contribution in [3.8, 4) is 0 Å². The molecule has 3 aromatic rings. The quantitative estimate of drug-likeness (QED) is 0.800. The Labute approximate surface area is 122 Å². The molecule has 3 rings (SSSR count). The number of furan rings is 1. The van der Waals surface area contributed by atoms with Crippen molar-refractivity contribution in [1.29, 1.82) is 0 Å². The Morgan fingerprint density at radius 1 is 1.33 bits per heavy atom. The average Bonchev–Trinajstić information content (AvgIpc) is 3.01. The lowest BCUT2D eigenvalue weighted by Crippen LogP contribution is -2.27. The van der Waals surface area contributed by atoms with E-state index in [1.807, 2.05) is 49.0 Å². The van der Waals surface area contributed by atoms with E-state index in [4.69, 9.17) is 4.42 Å². The lowest BCUT2D eigenvalue weighted by atomic mass is 10.1. The number of hydrogen-bond donors (Lipinski definition) is 1. The number of nitrogens with one attached hydrogen (secondary N) is 1. The van der Waals surface area contributed by atoms with Crippen molar-refractivity contribution in [2.75, 3.05) is 6.54 Å². The van der Waals surface area contributed by atoms with Gasteiger partial charge in [-0.3, -0.25) is 9.48 Å². The van der Waals surface area contributed by atoms with Crippen molar-refractivity contribution >= 4 is 16.9 Å². The van der Waals surface area contributed by atoms with Crippen LogP contribution >= 0.6 is 0 Å². The fraction of sp³-hybridized carbons (Fsp3) is 0.250. The molecule has 5 nitrogen and oxygen atoms in total. The maximum atomic E-state index is 12.3. The van der Waals surface area contributed by atoms with E-state index in [1.54, 1.807) is 6.20 Å². The molecule has 2 heterocycles. The summed E-state index contributed by atoms with van der Waals surface area (Å²) in [6.45, 7) is 4.97. The van der Waals surface area contributed by atoms with Crippen LogP contribution in [-0.4, -0.2) is 22.2 Å². The van der Waals surface area contributed by atoms with Crippen molar-refractivity contribution in [3.05, 3.63) is 53.5 Å². The van der Waals surface area contributed by atoms with Gasteiger partial charge in [0.2, 0.25) is 0 Å². The summed E-state index contributed by atoms with van der Waals surface area (Å²) in [7, 11) is 0. The molecule has 0 aliphatic carbocycles. The number of hydrogen-bond acceptors (Lipinski definition) is 3. The molecule has 0 aliphatic heterocycles. The van der Waals surface area contributed by atoms with Crippen LogP contribution < -0.4 is 5.32 Å². The maximum absolute atomic E-state index is 12.3. The van der Waals surface area contributed by atoms with Gasteiger partial charge in [0, 0.05) is 18.1 Å². The molecule has 0 atom stereocenters. The molecule has 1 amide bonds. The van der Waals surface area contributed by atoms with Crippen LogP contribution in [0.4, 0.5) is 0 Å². The van der Waals surface area contributed by atoms with E-state index in [9.17, 15) is 4.79 Å². The second-order valence-corrected chi connectivity index (χ2v) is 5.07. The van der Waals surface area contributed by atoms with Gasteiger partial charge < -0.3 is 9.73 Å². The molecule has 5 heteroatoms. The first-order chi connectivity index (χ1) is 10.1. The van der Waals surface area contributed by atoms with Crippen LogP contribution in [0, 0.1) is 13.8 Å². The van der Waals surface area contributed by atoms with Crippen molar-refractivity contribution < 1.29 is 9.21 Å². The zero-order chi connectivity index (χ0) is 14.8. The summed E-state index contributed by atoms with van der Waals surface area (Å²) in [6, 6.07) is 7.57. The molecule has 1 N–H and O–H groups in total. The van der Waals surface area contributed by atoms with Gasteiger partial charge in [-0.2, -0.15) is 5.10 Å². The summed E-state index contributed by atoms with van der Waals surface area (Å²) < 4.78 is 7.43. The van der Waals surface area contributed by atoms with E-state index < -0.39 is 0 Å². The van der Waals surface area contributed by atoms with Gasteiger partial charge in [-0.15, -0.1) is 0 Å². The number of benzene rings is 1. The Hall–Kier alpha value is -2.56. The summed E-state index contributed by atoms with van der Waals surface area (Å²) in [6.07, 6.45) is 3.75. The SMILES string of the molecule is Cc1cnn(CCNC(=O)c2c(C)oc3ccccc23)c1. The van der Waals surface area contributed by atoms with Gasteiger partial charge in [0.1, 0.15) is 11.3 Å². The van der Waals surface area contributed by atoms with Crippen LogP contribution in [-0.2, 0) is 6.54 Å². The highest BCUT2D eigenvalue weighted by Gasteiger charge is 2.17. The molecular formula is C16H17N3O2. The lowest BCUT2D eigenvalue weighted by Gasteiger charge is -2.05. The molecule has 108 valence electrons. The number of carbonyl (C=O) groups is 1. The zero-order valence-electron chi connectivity index (χ0n) is 12.1. The van der Waals surface area contributed by atoms with Gasteiger partial charge in [-0.25, -0.2) is 0 Å².